The quantitative estimate of drug-likeness (QED) is 0.944. The van der Waals surface area contributed by atoms with Gasteiger partial charge in [0.05, 0.1) is 11.4 Å². The minimum absolute atomic E-state index is 0.0429. The summed E-state index contributed by atoms with van der Waals surface area (Å²) >= 11 is 0. The Bertz CT molecular complexity index is 694. The second-order valence-corrected chi connectivity index (χ2v) is 5.70. The van der Waals surface area contributed by atoms with Gasteiger partial charge in [-0.3, -0.25) is 9.59 Å². The molecular weight excluding hydrogens is 290 g/mol. The lowest BCUT2D eigenvalue weighted by Gasteiger charge is -2.24. The molecule has 5 heteroatoms. The van der Waals surface area contributed by atoms with Crippen LogP contribution in [0.25, 0.3) is 5.69 Å². The van der Waals surface area contributed by atoms with Gasteiger partial charge in [-0.2, -0.15) is 0 Å². The topological polar surface area (TPSA) is 54.3 Å². The van der Waals surface area contributed by atoms with Gasteiger partial charge in [0, 0.05) is 25.4 Å². The van der Waals surface area contributed by atoms with E-state index in [4.69, 9.17) is 0 Å². The summed E-state index contributed by atoms with van der Waals surface area (Å²) < 4.78 is 1.96. The van der Waals surface area contributed by atoms with Crippen molar-refractivity contribution in [1.82, 2.24) is 9.47 Å². The van der Waals surface area contributed by atoms with Crippen molar-refractivity contribution in [3.63, 3.8) is 0 Å². The predicted octanol–water partition coefficient (Wildman–Crippen LogP) is 2.82. The zero-order valence-corrected chi connectivity index (χ0v) is 13.2. The number of para-hydroxylation sites is 2. The highest BCUT2D eigenvalue weighted by Gasteiger charge is 2.33. The molecule has 1 atom stereocenters. The van der Waals surface area contributed by atoms with Gasteiger partial charge in [-0.15, -0.1) is 0 Å². The van der Waals surface area contributed by atoms with E-state index in [1.807, 2.05) is 60.3 Å². The molecule has 0 radical (unpaired) electrons. The van der Waals surface area contributed by atoms with E-state index in [0.29, 0.717) is 13.0 Å². The van der Waals surface area contributed by atoms with Crippen LogP contribution >= 0.6 is 0 Å². The maximum atomic E-state index is 12.7. The summed E-state index contributed by atoms with van der Waals surface area (Å²) in [6.45, 7) is 2.50. The number of aromatic nitrogens is 1. The third kappa shape index (κ3) is 3.13. The van der Waals surface area contributed by atoms with Gasteiger partial charge in [-0.25, -0.2) is 0 Å². The molecular formula is C18H21N3O2. The van der Waals surface area contributed by atoms with Crippen LogP contribution in [-0.2, 0) is 9.59 Å². The minimum Gasteiger partial charge on any atom is -0.331 e. The first kappa shape index (κ1) is 15.3. The number of nitrogens with one attached hydrogen (secondary N) is 1. The Morgan fingerprint density at radius 2 is 1.91 bits per heavy atom. The number of hydrogen-bond acceptors (Lipinski definition) is 2. The normalized spacial score (nSPS) is 17.3. The van der Waals surface area contributed by atoms with Gasteiger partial charge in [0.2, 0.25) is 11.8 Å². The Hall–Kier alpha value is -2.56. The van der Waals surface area contributed by atoms with Gasteiger partial charge in [0.15, 0.2) is 0 Å². The fourth-order valence-corrected chi connectivity index (χ4v) is 3.06. The summed E-state index contributed by atoms with van der Waals surface area (Å²) in [5.74, 6) is -0.0646. The predicted molar refractivity (Wildman–Crippen MR) is 89.4 cm³/mol. The first-order chi connectivity index (χ1) is 11.2. The van der Waals surface area contributed by atoms with Crippen molar-refractivity contribution in [2.75, 3.05) is 11.9 Å². The lowest BCUT2D eigenvalue weighted by molar-refractivity contribution is -0.136. The van der Waals surface area contributed by atoms with Crippen LogP contribution in [0.5, 0.6) is 0 Å². The number of benzene rings is 1. The van der Waals surface area contributed by atoms with Crippen LogP contribution in [0.4, 0.5) is 5.69 Å². The van der Waals surface area contributed by atoms with Crippen molar-refractivity contribution < 1.29 is 9.59 Å². The van der Waals surface area contributed by atoms with Crippen molar-refractivity contribution in [3.8, 4) is 5.69 Å². The molecule has 1 saturated heterocycles. The molecule has 3 rings (SSSR count). The summed E-state index contributed by atoms with van der Waals surface area (Å²) in [6, 6.07) is 11.2. The second-order valence-electron chi connectivity index (χ2n) is 5.70. The molecule has 0 spiro atoms. The Labute approximate surface area is 135 Å². The zero-order valence-electron chi connectivity index (χ0n) is 13.2. The van der Waals surface area contributed by atoms with Crippen LogP contribution in [0.1, 0.15) is 26.2 Å². The molecule has 2 heterocycles. The molecule has 1 N–H and O–H groups in total. The number of hydrogen-bond donors (Lipinski definition) is 1. The molecule has 0 saturated carbocycles. The number of rotatable bonds is 4. The van der Waals surface area contributed by atoms with Crippen molar-refractivity contribution in [2.24, 2.45) is 0 Å². The number of carbonyl (C=O) groups is 2. The molecule has 0 unspecified atom stereocenters. The number of amides is 2. The second kappa shape index (κ2) is 6.69. The van der Waals surface area contributed by atoms with E-state index in [2.05, 4.69) is 5.32 Å². The Kier molecular flexibility index (Phi) is 4.46. The molecule has 23 heavy (non-hydrogen) atoms. The van der Waals surface area contributed by atoms with Gasteiger partial charge in [0.25, 0.3) is 0 Å². The number of nitrogens with zero attached hydrogens (tertiary/aromatic N) is 2. The lowest BCUT2D eigenvalue weighted by Crippen LogP contribution is -2.43. The average molecular weight is 311 g/mol. The fourth-order valence-electron chi connectivity index (χ4n) is 3.06. The molecule has 2 amide bonds. The molecule has 1 aromatic heterocycles. The van der Waals surface area contributed by atoms with Gasteiger partial charge >= 0.3 is 0 Å². The molecule has 0 bridgehead atoms. The summed E-state index contributed by atoms with van der Waals surface area (Å²) in [5, 5.41) is 3.00. The Balaban J connectivity index is 1.80. The minimum atomic E-state index is -0.361. The monoisotopic (exact) mass is 311 g/mol. The van der Waals surface area contributed by atoms with E-state index < -0.39 is 0 Å². The van der Waals surface area contributed by atoms with Crippen molar-refractivity contribution in [2.45, 2.75) is 32.2 Å². The molecule has 120 valence electrons. The molecule has 1 fully saturated rings. The number of anilines is 1. The van der Waals surface area contributed by atoms with E-state index in [1.165, 1.54) is 0 Å². The number of likely N-dealkylation sites (tertiary alicyclic amines) is 1. The van der Waals surface area contributed by atoms with Crippen LogP contribution in [0.3, 0.4) is 0 Å². The van der Waals surface area contributed by atoms with Crippen molar-refractivity contribution in [3.05, 3.63) is 48.8 Å². The molecule has 5 nitrogen and oxygen atoms in total. The van der Waals surface area contributed by atoms with Crippen LogP contribution in [0.2, 0.25) is 0 Å². The lowest BCUT2D eigenvalue weighted by atomic mass is 10.2. The molecule has 1 aliphatic rings. The van der Waals surface area contributed by atoms with Crippen molar-refractivity contribution in [1.29, 1.82) is 0 Å². The zero-order chi connectivity index (χ0) is 16.2. The number of carbonyl (C=O) groups excluding carboxylic acids is 2. The first-order valence-electron chi connectivity index (χ1n) is 8.03. The standard InChI is InChI=1S/C18H21N3O2/c1-2-17(22)21-13-7-10-16(21)18(23)19-14-8-3-4-9-15(14)20-11-5-6-12-20/h3-6,8-9,11-12,16H,2,7,10,13H2,1H3,(H,19,23)/t16-/m0/s1. The summed E-state index contributed by atoms with van der Waals surface area (Å²) in [7, 11) is 0. The average Bonchev–Trinajstić information content (AvgIpc) is 3.26. The summed E-state index contributed by atoms with van der Waals surface area (Å²) in [6.07, 6.45) is 5.91. The molecule has 1 aliphatic heterocycles. The van der Waals surface area contributed by atoms with Gasteiger partial charge in [-0.05, 0) is 37.1 Å². The van der Waals surface area contributed by atoms with E-state index in [-0.39, 0.29) is 17.9 Å². The van der Waals surface area contributed by atoms with Crippen LogP contribution in [-0.4, -0.2) is 33.9 Å². The van der Waals surface area contributed by atoms with Gasteiger partial charge in [0.1, 0.15) is 6.04 Å². The first-order valence-corrected chi connectivity index (χ1v) is 8.03. The van der Waals surface area contributed by atoms with Gasteiger partial charge < -0.3 is 14.8 Å². The Morgan fingerprint density at radius 1 is 1.17 bits per heavy atom. The summed E-state index contributed by atoms with van der Waals surface area (Å²) in [4.78, 5) is 26.3. The van der Waals surface area contributed by atoms with Crippen LogP contribution < -0.4 is 5.32 Å². The maximum absolute atomic E-state index is 12.7. The highest BCUT2D eigenvalue weighted by Crippen LogP contribution is 2.23. The third-order valence-electron chi connectivity index (χ3n) is 4.22. The maximum Gasteiger partial charge on any atom is 0.247 e. The van der Waals surface area contributed by atoms with Crippen molar-refractivity contribution >= 4 is 17.5 Å². The molecule has 0 aliphatic carbocycles. The largest absolute Gasteiger partial charge is 0.331 e. The highest BCUT2D eigenvalue weighted by molar-refractivity contribution is 5.98. The molecule has 1 aromatic carbocycles. The van der Waals surface area contributed by atoms with Gasteiger partial charge in [-0.1, -0.05) is 19.1 Å². The van der Waals surface area contributed by atoms with E-state index >= 15 is 0 Å². The Morgan fingerprint density at radius 3 is 2.65 bits per heavy atom. The van der Waals surface area contributed by atoms with E-state index in [1.54, 1.807) is 4.90 Å². The summed E-state index contributed by atoms with van der Waals surface area (Å²) in [5.41, 5.74) is 1.67. The van der Waals surface area contributed by atoms with Crippen LogP contribution in [0, 0.1) is 0 Å². The third-order valence-corrected chi connectivity index (χ3v) is 4.22. The van der Waals surface area contributed by atoms with Crippen LogP contribution in [0.15, 0.2) is 48.8 Å². The SMILES string of the molecule is CCC(=O)N1CCC[C@H]1C(=O)Nc1ccccc1-n1cccc1. The van der Waals surface area contributed by atoms with E-state index in [9.17, 15) is 9.59 Å². The molecule has 2 aromatic rings. The smallest absolute Gasteiger partial charge is 0.247 e. The highest BCUT2D eigenvalue weighted by atomic mass is 16.2. The fraction of sp³-hybridized carbons (Fsp3) is 0.333. The van der Waals surface area contributed by atoms with E-state index in [0.717, 1.165) is 24.2 Å².